The number of aromatic nitrogens is 1. The molecule has 3 atom stereocenters. The highest BCUT2D eigenvalue weighted by Crippen LogP contribution is 2.54. The van der Waals surface area contributed by atoms with Gasteiger partial charge < -0.3 is 25.2 Å². The molecule has 0 bridgehead atoms. The van der Waals surface area contributed by atoms with Crippen molar-refractivity contribution < 1.29 is 29.0 Å². The fourth-order valence-electron chi connectivity index (χ4n) is 4.85. The lowest BCUT2D eigenvalue weighted by molar-refractivity contribution is -0.161. The summed E-state index contributed by atoms with van der Waals surface area (Å²) in [6.07, 6.45) is 1.52. The normalized spacial score (nSPS) is 22.9. The van der Waals surface area contributed by atoms with E-state index in [1.807, 2.05) is 60.7 Å². The summed E-state index contributed by atoms with van der Waals surface area (Å²) >= 11 is 1.33. The molecule has 2 fully saturated rings. The Labute approximate surface area is 229 Å². The van der Waals surface area contributed by atoms with Crippen LogP contribution < -0.4 is 5.73 Å². The van der Waals surface area contributed by atoms with Gasteiger partial charge in [0.25, 0.3) is 5.91 Å². The summed E-state index contributed by atoms with van der Waals surface area (Å²) in [5.41, 5.74) is 8.42. The molecular weight excluding hydrogens is 518 g/mol. The van der Waals surface area contributed by atoms with Crippen molar-refractivity contribution >= 4 is 35.8 Å². The zero-order valence-electron chi connectivity index (χ0n) is 21.1. The number of β-lactam (4-membered cyclic amide) rings is 1. The van der Waals surface area contributed by atoms with E-state index in [-0.39, 0.29) is 19.1 Å². The van der Waals surface area contributed by atoms with Gasteiger partial charge in [0.1, 0.15) is 18.0 Å². The van der Waals surface area contributed by atoms with Crippen molar-refractivity contribution in [3.8, 4) is 0 Å². The van der Waals surface area contributed by atoms with Crippen LogP contribution in [-0.2, 0) is 25.7 Å². The molecule has 2 amide bonds. The summed E-state index contributed by atoms with van der Waals surface area (Å²) in [5, 5.41) is 8.96. The molecule has 1 aromatic heterocycles. The number of hydrogen-bond donors (Lipinski definition) is 2. The molecule has 3 heterocycles. The zero-order chi connectivity index (χ0) is 27.6. The highest BCUT2D eigenvalue weighted by Gasteiger charge is 2.64. The largest absolute Gasteiger partial charge is 0.451 e. The minimum Gasteiger partial charge on any atom is -0.451 e. The van der Waals surface area contributed by atoms with Crippen molar-refractivity contribution in [3.05, 3.63) is 107 Å². The summed E-state index contributed by atoms with van der Waals surface area (Å²) in [6.45, 7) is 1.40. The first-order chi connectivity index (χ1) is 18.8. The maximum atomic E-state index is 13.9. The smallest absolute Gasteiger partial charge is 0.404 e. The molecule has 2 aliphatic rings. The molecule has 9 nitrogen and oxygen atoms in total. The van der Waals surface area contributed by atoms with Crippen LogP contribution in [0.4, 0.5) is 4.79 Å². The topological polar surface area (TPSA) is 132 Å². The Morgan fingerprint density at radius 2 is 1.77 bits per heavy atom. The third-order valence-electron chi connectivity index (χ3n) is 6.73. The molecule has 0 saturated carbocycles. The molecule has 10 heteroatoms. The SMILES string of the molecule is C[C@@]1(COC(N)=O)SC2/C(=C\c3cc(CO)ccn3)C(=O)N2[C@H]1C(=O)OC(c1ccccc1)c1ccccc1. The Morgan fingerprint density at radius 3 is 2.36 bits per heavy atom. The lowest BCUT2D eigenvalue weighted by atomic mass is 9.93. The number of ether oxygens (including phenoxy) is 2. The Kier molecular flexibility index (Phi) is 7.40. The minimum atomic E-state index is -1.04. The van der Waals surface area contributed by atoms with Gasteiger partial charge in [0.15, 0.2) is 6.10 Å². The maximum absolute atomic E-state index is 13.9. The second-order valence-corrected chi connectivity index (χ2v) is 11.1. The van der Waals surface area contributed by atoms with Crippen LogP contribution in [0.1, 0.15) is 35.4 Å². The number of benzene rings is 2. The number of nitrogens with zero attached hydrogens (tertiary/aromatic N) is 2. The number of carbonyl (C=O) groups excluding carboxylic acids is 3. The monoisotopic (exact) mass is 545 g/mol. The summed E-state index contributed by atoms with van der Waals surface area (Å²) in [6, 6.07) is 21.0. The van der Waals surface area contributed by atoms with E-state index in [4.69, 9.17) is 15.2 Å². The molecule has 0 radical (unpaired) electrons. The van der Waals surface area contributed by atoms with Gasteiger partial charge in [-0.2, -0.15) is 0 Å². The Balaban J connectivity index is 1.47. The van der Waals surface area contributed by atoms with Gasteiger partial charge >= 0.3 is 12.1 Å². The van der Waals surface area contributed by atoms with Crippen molar-refractivity contribution in [2.45, 2.75) is 35.8 Å². The zero-order valence-corrected chi connectivity index (χ0v) is 21.9. The highest BCUT2D eigenvalue weighted by molar-refractivity contribution is 8.02. The first-order valence-electron chi connectivity index (χ1n) is 12.3. The standard InChI is InChI=1S/C29H27N3O6S/c1-29(17-37-28(30)36)24(27(35)38-23(19-8-4-2-5-9-19)20-10-6-3-7-11-20)32-25(34)22(26(32)39-29)15-21-14-18(16-33)12-13-31-21/h2-15,23-24,26,33H,16-17H2,1H3,(H2,30,36)/b22-15-/t24-,26?,29-/m0/s1. The lowest BCUT2D eigenvalue weighted by Crippen LogP contribution is -2.60. The van der Waals surface area contributed by atoms with Crippen molar-refractivity contribution in [2.24, 2.45) is 5.73 Å². The van der Waals surface area contributed by atoms with Gasteiger partial charge in [0, 0.05) is 6.20 Å². The summed E-state index contributed by atoms with van der Waals surface area (Å²) < 4.78 is 10.2. The van der Waals surface area contributed by atoms with E-state index in [1.54, 1.807) is 31.3 Å². The first kappa shape index (κ1) is 26.5. The highest BCUT2D eigenvalue weighted by atomic mass is 32.2. The Hall–Kier alpha value is -4.15. The average Bonchev–Trinajstić information content (AvgIpc) is 3.24. The van der Waals surface area contributed by atoms with Crippen molar-refractivity contribution in [1.29, 1.82) is 0 Å². The van der Waals surface area contributed by atoms with Crippen LogP contribution >= 0.6 is 11.8 Å². The van der Waals surface area contributed by atoms with Gasteiger partial charge in [-0.05, 0) is 41.8 Å². The first-order valence-corrected chi connectivity index (χ1v) is 13.2. The molecule has 2 aromatic carbocycles. The number of carbonyl (C=O) groups is 3. The van der Waals surface area contributed by atoms with Crippen LogP contribution in [0.15, 0.2) is 84.6 Å². The number of primary amides is 1. The molecule has 3 aromatic rings. The van der Waals surface area contributed by atoms with E-state index in [2.05, 4.69) is 4.98 Å². The van der Waals surface area contributed by atoms with E-state index in [0.717, 1.165) is 11.1 Å². The van der Waals surface area contributed by atoms with Crippen LogP contribution in [0, 0.1) is 0 Å². The fourth-order valence-corrected chi connectivity index (χ4v) is 6.45. The number of rotatable bonds is 8. The van der Waals surface area contributed by atoms with Gasteiger partial charge in [-0.1, -0.05) is 60.7 Å². The van der Waals surface area contributed by atoms with Gasteiger partial charge in [-0.25, -0.2) is 9.59 Å². The molecule has 5 rings (SSSR count). The number of hydrogen-bond acceptors (Lipinski definition) is 8. The second-order valence-electron chi connectivity index (χ2n) is 9.49. The quantitative estimate of drug-likeness (QED) is 0.250. The predicted octanol–water partition coefficient (Wildman–Crippen LogP) is 3.43. The molecule has 39 heavy (non-hydrogen) atoms. The summed E-state index contributed by atoms with van der Waals surface area (Å²) in [7, 11) is 0. The predicted molar refractivity (Wildman–Crippen MR) is 145 cm³/mol. The lowest BCUT2D eigenvalue weighted by Gasteiger charge is -2.40. The van der Waals surface area contributed by atoms with E-state index in [0.29, 0.717) is 16.8 Å². The van der Waals surface area contributed by atoms with E-state index in [9.17, 15) is 19.5 Å². The average molecular weight is 546 g/mol. The number of aliphatic hydroxyl groups is 1. The van der Waals surface area contributed by atoms with Crippen LogP contribution in [-0.4, -0.2) is 55.7 Å². The van der Waals surface area contributed by atoms with Crippen LogP contribution in [0.25, 0.3) is 6.08 Å². The summed E-state index contributed by atoms with van der Waals surface area (Å²) in [4.78, 5) is 44.5. The summed E-state index contributed by atoms with van der Waals surface area (Å²) in [5.74, 6) is -0.962. The third-order valence-corrected chi connectivity index (χ3v) is 8.32. The fraction of sp³-hybridized carbons (Fsp3) is 0.241. The number of nitrogens with two attached hydrogens (primary N) is 1. The molecule has 2 aliphatic heterocycles. The minimum absolute atomic E-state index is 0.155. The van der Waals surface area contributed by atoms with Crippen molar-refractivity contribution in [1.82, 2.24) is 9.88 Å². The van der Waals surface area contributed by atoms with Crippen LogP contribution in [0.5, 0.6) is 0 Å². The van der Waals surface area contributed by atoms with E-state index < -0.39 is 34.3 Å². The number of esters is 1. The molecule has 200 valence electrons. The van der Waals surface area contributed by atoms with Crippen LogP contribution in [0.2, 0.25) is 0 Å². The second kappa shape index (κ2) is 10.9. The van der Waals surface area contributed by atoms with Gasteiger partial charge in [0.2, 0.25) is 0 Å². The van der Waals surface area contributed by atoms with Gasteiger partial charge in [-0.15, -0.1) is 11.8 Å². The molecule has 3 N–H and O–H groups in total. The molecule has 0 aliphatic carbocycles. The van der Waals surface area contributed by atoms with E-state index >= 15 is 0 Å². The Morgan fingerprint density at radius 1 is 1.13 bits per heavy atom. The van der Waals surface area contributed by atoms with Crippen molar-refractivity contribution in [2.75, 3.05) is 6.61 Å². The number of thioether (sulfide) groups is 1. The molecule has 0 spiro atoms. The third kappa shape index (κ3) is 5.25. The van der Waals surface area contributed by atoms with E-state index in [1.165, 1.54) is 16.7 Å². The molecule has 1 unspecified atom stereocenters. The number of aliphatic hydroxyl groups excluding tert-OH is 1. The molecular formula is C29H27N3O6S. The number of amides is 2. The number of pyridine rings is 1. The molecule has 2 saturated heterocycles. The Bertz CT molecular complexity index is 1380. The van der Waals surface area contributed by atoms with Gasteiger partial charge in [-0.3, -0.25) is 9.78 Å². The maximum Gasteiger partial charge on any atom is 0.404 e. The van der Waals surface area contributed by atoms with Crippen LogP contribution in [0.3, 0.4) is 0 Å². The number of fused-ring (bicyclic) bond motifs is 1. The van der Waals surface area contributed by atoms with Crippen molar-refractivity contribution in [3.63, 3.8) is 0 Å². The van der Waals surface area contributed by atoms with Gasteiger partial charge in [0.05, 0.1) is 22.6 Å².